The van der Waals surface area contributed by atoms with Crippen molar-refractivity contribution >= 4 is 28.8 Å². The first-order valence-corrected chi connectivity index (χ1v) is 11.7. The molecule has 0 saturated carbocycles. The lowest BCUT2D eigenvalue weighted by atomic mass is 10.1. The van der Waals surface area contributed by atoms with Gasteiger partial charge in [-0.2, -0.15) is 13.2 Å². The summed E-state index contributed by atoms with van der Waals surface area (Å²) >= 11 is 0. The van der Waals surface area contributed by atoms with Crippen LogP contribution < -0.4 is 11.1 Å². The average molecular weight is 550 g/mol. The number of carbonyl (C=O) groups excluding carboxylic acids is 1. The molecule has 0 atom stereocenters. The standard InChI is InChI=1S/C15H9F4N3O.C13H10FN3/c16-10-6-7-11-20-13(21-14(23)15(17,18)19)12(22(11)8-10)9-4-2-1-3-5-9;14-10-6-7-11-16-13(15)12(17(11)8-10)9-4-2-1-3-5-9/h1-8H,(H,21,23);1-8H,15H2. The normalized spacial score (nSPS) is 11.3. The second kappa shape index (κ2) is 10.5. The van der Waals surface area contributed by atoms with Crippen LogP contribution in [0.5, 0.6) is 0 Å². The molecule has 0 aliphatic rings. The topological polar surface area (TPSA) is 89.7 Å². The molecule has 0 saturated heterocycles. The Balaban J connectivity index is 0.000000168. The lowest BCUT2D eigenvalue weighted by Crippen LogP contribution is -2.30. The smallest absolute Gasteiger partial charge is 0.382 e. The van der Waals surface area contributed by atoms with Gasteiger partial charge in [-0.15, -0.1) is 0 Å². The lowest BCUT2D eigenvalue weighted by molar-refractivity contribution is -0.167. The third-order valence-electron chi connectivity index (χ3n) is 5.78. The highest BCUT2D eigenvalue weighted by Crippen LogP contribution is 2.31. The molecule has 3 N–H and O–H groups in total. The zero-order valence-corrected chi connectivity index (χ0v) is 20.4. The van der Waals surface area contributed by atoms with E-state index in [-0.39, 0.29) is 23.0 Å². The van der Waals surface area contributed by atoms with Gasteiger partial charge < -0.3 is 11.1 Å². The van der Waals surface area contributed by atoms with Crippen LogP contribution in [0.3, 0.4) is 0 Å². The molecule has 2 aromatic carbocycles. The maximum Gasteiger partial charge on any atom is 0.471 e. The number of anilines is 2. The van der Waals surface area contributed by atoms with Crippen LogP contribution in [0.15, 0.2) is 97.3 Å². The van der Waals surface area contributed by atoms with Crippen LogP contribution in [-0.2, 0) is 4.79 Å². The predicted molar refractivity (Wildman–Crippen MR) is 140 cm³/mol. The third kappa shape index (κ3) is 5.32. The largest absolute Gasteiger partial charge is 0.471 e. The van der Waals surface area contributed by atoms with Crippen molar-refractivity contribution in [2.75, 3.05) is 11.1 Å². The molecule has 7 nitrogen and oxygen atoms in total. The number of amides is 1. The van der Waals surface area contributed by atoms with Crippen LogP contribution in [-0.4, -0.2) is 30.9 Å². The Bertz CT molecular complexity index is 1810. The van der Waals surface area contributed by atoms with Gasteiger partial charge in [0.15, 0.2) is 11.6 Å². The van der Waals surface area contributed by atoms with Crippen molar-refractivity contribution in [3.8, 4) is 22.5 Å². The van der Waals surface area contributed by atoms with E-state index in [9.17, 15) is 26.7 Å². The molecule has 0 fully saturated rings. The molecule has 12 heteroatoms. The van der Waals surface area contributed by atoms with Gasteiger partial charge in [0.25, 0.3) is 0 Å². The molecule has 4 aromatic heterocycles. The number of fused-ring (bicyclic) bond motifs is 2. The summed E-state index contributed by atoms with van der Waals surface area (Å²) in [4.78, 5) is 19.4. The highest BCUT2D eigenvalue weighted by atomic mass is 19.4. The second-order valence-electron chi connectivity index (χ2n) is 8.49. The molecule has 6 aromatic rings. The molecular weight excluding hydrogens is 531 g/mol. The molecule has 0 spiro atoms. The highest BCUT2D eigenvalue weighted by molar-refractivity contribution is 5.97. The van der Waals surface area contributed by atoms with Gasteiger partial charge >= 0.3 is 12.1 Å². The summed E-state index contributed by atoms with van der Waals surface area (Å²) in [6.45, 7) is 0. The number of aromatic nitrogens is 4. The van der Waals surface area contributed by atoms with Crippen molar-refractivity contribution in [1.82, 2.24) is 18.8 Å². The van der Waals surface area contributed by atoms with Crippen LogP contribution in [0, 0.1) is 11.6 Å². The van der Waals surface area contributed by atoms with Gasteiger partial charge in [0.1, 0.15) is 22.9 Å². The molecule has 202 valence electrons. The average Bonchev–Trinajstić information content (AvgIpc) is 3.45. The summed E-state index contributed by atoms with van der Waals surface area (Å²) in [6, 6.07) is 23.3. The number of nitrogens with two attached hydrogens (primary N) is 1. The fourth-order valence-electron chi connectivity index (χ4n) is 4.08. The number of pyridine rings is 2. The van der Waals surface area contributed by atoms with Crippen LogP contribution in [0.2, 0.25) is 0 Å². The van der Waals surface area contributed by atoms with E-state index in [2.05, 4.69) is 9.97 Å². The van der Waals surface area contributed by atoms with Crippen molar-refractivity contribution in [1.29, 1.82) is 0 Å². The number of hydrogen-bond donors (Lipinski definition) is 2. The molecular formula is C28H19F5N6O. The number of rotatable bonds is 3. The zero-order chi connectivity index (χ0) is 28.4. The third-order valence-corrected chi connectivity index (χ3v) is 5.78. The maximum absolute atomic E-state index is 13.5. The van der Waals surface area contributed by atoms with Gasteiger partial charge in [-0.05, 0) is 24.3 Å². The number of nitrogens with zero attached hydrogens (tertiary/aromatic N) is 4. The van der Waals surface area contributed by atoms with Crippen molar-refractivity contribution in [2.45, 2.75) is 6.18 Å². The van der Waals surface area contributed by atoms with Crippen LogP contribution in [0.1, 0.15) is 0 Å². The molecule has 0 aliphatic carbocycles. The number of alkyl halides is 3. The van der Waals surface area contributed by atoms with Crippen LogP contribution in [0.4, 0.5) is 33.6 Å². The van der Waals surface area contributed by atoms with Crippen LogP contribution in [0.25, 0.3) is 33.8 Å². The minimum Gasteiger partial charge on any atom is -0.382 e. The van der Waals surface area contributed by atoms with Crippen molar-refractivity contribution < 1.29 is 26.7 Å². The summed E-state index contributed by atoms with van der Waals surface area (Å²) in [6.07, 6.45) is -2.57. The maximum atomic E-state index is 13.5. The Hall–Kier alpha value is -5.26. The van der Waals surface area contributed by atoms with Gasteiger partial charge in [0.05, 0.1) is 11.4 Å². The number of halogens is 5. The minimum absolute atomic E-state index is 0.165. The summed E-state index contributed by atoms with van der Waals surface area (Å²) in [7, 11) is 0. The van der Waals surface area contributed by atoms with E-state index in [0.717, 1.165) is 23.5 Å². The quantitative estimate of drug-likeness (QED) is 0.251. The van der Waals surface area contributed by atoms with E-state index in [1.165, 1.54) is 22.7 Å². The molecule has 0 unspecified atom stereocenters. The van der Waals surface area contributed by atoms with Gasteiger partial charge in [0, 0.05) is 23.5 Å². The van der Waals surface area contributed by atoms with Gasteiger partial charge in [-0.25, -0.2) is 18.7 Å². The summed E-state index contributed by atoms with van der Waals surface area (Å²) in [5, 5.41) is 1.74. The van der Waals surface area contributed by atoms with E-state index in [4.69, 9.17) is 5.73 Å². The molecule has 0 radical (unpaired) electrons. The fraction of sp³-hybridized carbons (Fsp3) is 0.0357. The van der Waals surface area contributed by atoms with Crippen molar-refractivity contribution in [2.24, 2.45) is 0 Å². The SMILES string of the molecule is Nc1nc2ccc(F)cn2c1-c1ccccc1.O=C(Nc1nc2ccc(F)cn2c1-c1ccccc1)C(F)(F)F. The molecule has 1 amide bonds. The Labute approximate surface area is 223 Å². The molecule has 6 rings (SSSR count). The number of imidazole rings is 2. The first-order valence-electron chi connectivity index (χ1n) is 11.7. The first-order chi connectivity index (χ1) is 19.1. The number of hydrogen-bond acceptors (Lipinski definition) is 4. The number of benzene rings is 2. The number of carbonyl (C=O) groups is 1. The van der Waals surface area contributed by atoms with E-state index in [1.807, 2.05) is 30.3 Å². The van der Waals surface area contributed by atoms with Crippen molar-refractivity contribution in [3.63, 3.8) is 0 Å². The Morgan fingerprint density at radius 2 is 1.18 bits per heavy atom. The lowest BCUT2D eigenvalue weighted by Gasteiger charge is -2.08. The molecule has 40 heavy (non-hydrogen) atoms. The summed E-state index contributed by atoms with van der Waals surface area (Å²) in [5.74, 6) is -2.92. The number of nitrogen functional groups attached to an aromatic ring is 1. The van der Waals surface area contributed by atoms with E-state index in [0.29, 0.717) is 17.0 Å². The summed E-state index contributed by atoms with van der Waals surface area (Å²) < 4.78 is 67.1. The molecule has 0 aliphatic heterocycles. The zero-order valence-electron chi connectivity index (χ0n) is 20.4. The second-order valence-corrected chi connectivity index (χ2v) is 8.49. The van der Waals surface area contributed by atoms with Gasteiger partial charge in [-0.1, -0.05) is 60.7 Å². The molecule has 4 heterocycles. The van der Waals surface area contributed by atoms with E-state index in [1.54, 1.807) is 46.1 Å². The van der Waals surface area contributed by atoms with Gasteiger partial charge in [-0.3, -0.25) is 13.6 Å². The first kappa shape index (κ1) is 26.4. The highest BCUT2D eigenvalue weighted by Gasteiger charge is 2.39. The monoisotopic (exact) mass is 550 g/mol. The Kier molecular flexibility index (Phi) is 6.91. The van der Waals surface area contributed by atoms with Gasteiger partial charge in [0.2, 0.25) is 0 Å². The fourth-order valence-corrected chi connectivity index (χ4v) is 4.08. The van der Waals surface area contributed by atoms with E-state index >= 15 is 0 Å². The predicted octanol–water partition coefficient (Wildman–Crippen LogP) is 6.36. The molecule has 0 bridgehead atoms. The Morgan fingerprint density at radius 3 is 1.70 bits per heavy atom. The number of nitrogens with one attached hydrogen (secondary N) is 1. The van der Waals surface area contributed by atoms with Crippen LogP contribution >= 0.6 is 0 Å². The van der Waals surface area contributed by atoms with E-state index < -0.39 is 17.9 Å². The Morgan fingerprint density at radius 1 is 0.700 bits per heavy atom. The summed E-state index contributed by atoms with van der Waals surface area (Å²) in [5.41, 5.74) is 9.03. The minimum atomic E-state index is -5.05. The van der Waals surface area contributed by atoms with Crippen molar-refractivity contribution in [3.05, 3.63) is 109 Å².